The molecule has 8 N–H and O–H groups in total. The highest BCUT2D eigenvalue weighted by Gasteiger charge is 2.41. The fraction of sp³-hybridized carbons (Fsp3) is 0.338. The van der Waals surface area contributed by atoms with Crippen LogP contribution in [0.25, 0.3) is 11.4 Å². The van der Waals surface area contributed by atoms with Gasteiger partial charge in [0.05, 0.1) is 84.2 Å². The van der Waals surface area contributed by atoms with E-state index >= 15 is 8.78 Å². The summed E-state index contributed by atoms with van der Waals surface area (Å²) < 4.78 is 55.7. The summed E-state index contributed by atoms with van der Waals surface area (Å²) in [4.78, 5) is 39.6. The van der Waals surface area contributed by atoms with Crippen molar-refractivity contribution in [1.82, 2.24) is 29.6 Å². The second-order valence-electron chi connectivity index (χ2n) is 25.6. The van der Waals surface area contributed by atoms with Crippen LogP contribution in [0.1, 0.15) is 170 Å². The number of rotatable bonds is 21. The molecule has 92 heavy (non-hydrogen) atoms. The zero-order chi connectivity index (χ0) is 65.4. The predicted octanol–water partition coefficient (Wildman–Crippen LogP) is 13.7. The topological polar surface area (TPSA) is 261 Å². The molecule has 6 aromatic carbocycles. The Hall–Kier alpha value is -8.89. The van der Waals surface area contributed by atoms with Crippen LogP contribution in [0, 0.1) is 60.0 Å². The molecule has 2 saturated carbocycles. The highest BCUT2D eigenvalue weighted by atomic mass is 35.5. The molecule has 2 unspecified atom stereocenters. The zero-order valence-corrected chi connectivity index (χ0v) is 54.7. The first-order valence-electron chi connectivity index (χ1n) is 30.5. The van der Waals surface area contributed by atoms with Crippen molar-refractivity contribution in [2.75, 3.05) is 10.6 Å². The standard InChI is InChI=1S/C40H47FN6O4S.C31H31FN6O.ClH/c1-26-21-35(47(45-26)32-10-8-9-29(22-32)25-43-37(49)51-38(2,3)4)36(48)44-34-23-31(17-18-33(34)41)40(20-19-27-11-12-27,46-52(50)39(5,6)7)30-15-13-28(24-42)14-16-30;1-20-15-29(38(37-20)26-4-2-3-23(16-26)19-34)30(39)36-28-17-25(11-12-27(28)32)31(35,14-13-21-5-6-21)24-9-7-22(18-33)8-10-24;/h8-10,13-18,21-23,27,46H,11-12,19-20,25H2,1-7H3,(H,43,49)(H,44,48);2-4,7-12,15-17,21H,5-6,13-14,19,34-35H2,1H3,(H,36,39);1H/t40?,52-;;/m1../s1. The van der Waals surface area contributed by atoms with E-state index in [0.717, 1.165) is 47.9 Å². The highest BCUT2D eigenvalue weighted by molar-refractivity contribution is 7.84. The zero-order valence-electron chi connectivity index (χ0n) is 53.0. The van der Waals surface area contributed by atoms with Crippen molar-refractivity contribution in [1.29, 1.82) is 10.5 Å². The number of aromatic nitrogens is 4. The Morgan fingerprint density at radius 3 is 1.57 bits per heavy atom. The molecule has 0 saturated heterocycles. The molecule has 0 bridgehead atoms. The summed E-state index contributed by atoms with van der Waals surface area (Å²) in [5.41, 5.74) is 18.8. The number of alkyl carbamates (subject to hydrolysis) is 1. The lowest BCUT2D eigenvalue weighted by Crippen LogP contribution is -2.49. The monoisotopic (exact) mass is 1280 g/mol. The molecule has 2 aromatic heterocycles. The number of nitrogens with zero attached hydrogens (tertiary/aromatic N) is 6. The molecular weight excluding hydrogens is 1210 g/mol. The molecule has 0 spiro atoms. The smallest absolute Gasteiger partial charge is 0.407 e. The average Bonchev–Trinajstić information content (AvgIpc) is 1.74. The number of nitrogens with two attached hydrogens (primary N) is 2. The number of benzene rings is 6. The first kappa shape index (κ1) is 69.0. The lowest BCUT2D eigenvalue weighted by molar-refractivity contribution is 0.0523. The van der Waals surface area contributed by atoms with Gasteiger partial charge in [0.2, 0.25) is 0 Å². The summed E-state index contributed by atoms with van der Waals surface area (Å²) in [7, 11) is -1.53. The maximum Gasteiger partial charge on any atom is 0.407 e. The van der Waals surface area contributed by atoms with Crippen molar-refractivity contribution in [3.8, 4) is 23.5 Å². The second kappa shape index (κ2) is 29.2. The summed E-state index contributed by atoms with van der Waals surface area (Å²) in [5.74, 6) is -1.09. The van der Waals surface area contributed by atoms with Gasteiger partial charge >= 0.3 is 6.09 Å². The largest absolute Gasteiger partial charge is 0.444 e. The van der Waals surface area contributed by atoms with Gasteiger partial charge in [-0.15, -0.1) is 12.4 Å². The van der Waals surface area contributed by atoms with E-state index in [1.54, 1.807) is 113 Å². The lowest BCUT2D eigenvalue weighted by Gasteiger charge is -2.38. The molecular formula is C71H79ClF2N12O5S. The van der Waals surface area contributed by atoms with E-state index < -0.39 is 62.0 Å². The average molecular weight is 1290 g/mol. The van der Waals surface area contributed by atoms with Gasteiger partial charge in [0.15, 0.2) is 0 Å². The van der Waals surface area contributed by atoms with Gasteiger partial charge in [-0.3, -0.25) is 9.59 Å². The van der Waals surface area contributed by atoms with Crippen molar-refractivity contribution in [2.24, 2.45) is 23.3 Å². The molecule has 0 aliphatic heterocycles. The second-order valence-corrected chi connectivity index (χ2v) is 27.5. The molecule has 3 atom stereocenters. The minimum atomic E-state index is -1.53. The van der Waals surface area contributed by atoms with E-state index in [1.165, 1.54) is 34.3 Å². The van der Waals surface area contributed by atoms with Gasteiger partial charge < -0.3 is 32.2 Å². The van der Waals surface area contributed by atoms with Crippen molar-refractivity contribution in [3.63, 3.8) is 0 Å². The molecule has 2 fully saturated rings. The molecule has 2 heterocycles. The van der Waals surface area contributed by atoms with Gasteiger partial charge in [0.1, 0.15) is 28.6 Å². The number of aryl methyl sites for hydroxylation is 2. The number of hydrogen-bond donors (Lipinski definition) is 6. The van der Waals surface area contributed by atoms with Gasteiger partial charge in [-0.2, -0.15) is 20.7 Å². The van der Waals surface area contributed by atoms with Crippen molar-refractivity contribution in [3.05, 3.63) is 225 Å². The third-order valence-electron chi connectivity index (χ3n) is 16.1. The Bertz CT molecular complexity index is 4080. The fourth-order valence-electron chi connectivity index (χ4n) is 10.7. The molecule has 3 amide bonds. The summed E-state index contributed by atoms with van der Waals surface area (Å²) in [6.07, 6.45) is 7.08. The Morgan fingerprint density at radius 2 is 1.09 bits per heavy atom. The van der Waals surface area contributed by atoms with Gasteiger partial charge in [0.25, 0.3) is 11.8 Å². The molecule has 480 valence electrons. The first-order valence-corrected chi connectivity index (χ1v) is 31.6. The van der Waals surface area contributed by atoms with Crippen LogP contribution < -0.4 is 32.1 Å². The van der Waals surface area contributed by atoms with Crippen molar-refractivity contribution >= 4 is 52.7 Å². The number of nitrogens with one attached hydrogen (secondary N) is 4. The van der Waals surface area contributed by atoms with Crippen LogP contribution in [0.5, 0.6) is 0 Å². The van der Waals surface area contributed by atoms with E-state index in [-0.39, 0.29) is 41.7 Å². The number of carbonyl (C=O) groups is 3. The van der Waals surface area contributed by atoms with Gasteiger partial charge in [-0.25, -0.2) is 31.9 Å². The lowest BCUT2D eigenvalue weighted by atomic mass is 9.79. The fourth-order valence-corrected chi connectivity index (χ4v) is 11.7. The number of ether oxygens (including phenoxy) is 1. The number of nitriles is 2. The Labute approximate surface area is 545 Å². The Kier molecular flexibility index (Phi) is 21.9. The van der Waals surface area contributed by atoms with E-state index in [1.807, 2.05) is 75.4 Å². The quantitative estimate of drug-likeness (QED) is 0.0394. The number of anilines is 2. The minimum Gasteiger partial charge on any atom is -0.444 e. The Balaban J connectivity index is 0.000000243. The van der Waals surface area contributed by atoms with Gasteiger partial charge in [-0.05, 0) is 211 Å². The van der Waals surface area contributed by atoms with Crippen LogP contribution in [0.4, 0.5) is 25.0 Å². The van der Waals surface area contributed by atoms with E-state index in [9.17, 15) is 29.1 Å². The number of amides is 3. The van der Waals surface area contributed by atoms with Crippen LogP contribution in [0.3, 0.4) is 0 Å². The molecule has 2 aliphatic rings. The molecule has 2 aliphatic carbocycles. The summed E-state index contributed by atoms with van der Waals surface area (Å²) in [5, 5.41) is 36.0. The summed E-state index contributed by atoms with van der Waals surface area (Å²) in [6, 6.07) is 45.7. The van der Waals surface area contributed by atoms with Crippen LogP contribution in [-0.4, -0.2) is 52.0 Å². The number of halogens is 3. The molecule has 8 aromatic rings. The highest BCUT2D eigenvalue weighted by Crippen LogP contribution is 2.44. The van der Waals surface area contributed by atoms with Gasteiger partial charge in [-0.1, -0.05) is 86.3 Å². The minimum absolute atomic E-state index is 0. The number of hydrogen-bond acceptors (Lipinski definition) is 11. The van der Waals surface area contributed by atoms with Crippen molar-refractivity contribution in [2.45, 2.75) is 141 Å². The van der Waals surface area contributed by atoms with Crippen molar-refractivity contribution < 1.29 is 32.1 Å². The molecule has 10 rings (SSSR count). The predicted molar refractivity (Wildman–Crippen MR) is 357 cm³/mol. The third kappa shape index (κ3) is 17.2. The summed E-state index contributed by atoms with van der Waals surface area (Å²) in [6.45, 7) is 15.1. The Morgan fingerprint density at radius 1 is 0.630 bits per heavy atom. The molecule has 0 radical (unpaired) electrons. The van der Waals surface area contributed by atoms with Crippen LogP contribution in [0.2, 0.25) is 0 Å². The van der Waals surface area contributed by atoms with E-state index in [4.69, 9.17) is 16.2 Å². The van der Waals surface area contributed by atoms with Crippen LogP contribution >= 0.6 is 12.4 Å². The maximum absolute atomic E-state index is 15.6. The maximum atomic E-state index is 15.6. The normalized spacial score (nSPS) is 14.5. The first-order chi connectivity index (χ1) is 43.3. The van der Waals surface area contributed by atoms with Crippen LogP contribution in [-0.2, 0) is 39.9 Å². The van der Waals surface area contributed by atoms with E-state index in [2.05, 4.69) is 43.0 Å². The molecule has 21 heteroatoms. The summed E-state index contributed by atoms with van der Waals surface area (Å²) >= 11 is 0. The van der Waals surface area contributed by atoms with Gasteiger partial charge in [0, 0.05) is 13.1 Å². The van der Waals surface area contributed by atoms with Crippen LogP contribution in [0.15, 0.2) is 146 Å². The van der Waals surface area contributed by atoms with E-state index in [0.29, 0.717) is 76.2 Å². The SMILES string of the molecule is Cc1cc(C(=O)Nc2cc(C(CCC3CC3)(N[S@](=O)C(C)(C)C)c3ccc(C#N)cc3)ccc2F)n(-c2cccc(CNC(=O)OC(C)(C)C)c2)n1.Cc1cc(C(=O)Nc2cc(C(N)(CCC3CC3)c3ccc(C#N)cc3)ccc2F)n(-c2cccc(CN)c2)n1.Cl. The molecule has 17 nitrogen and oxygen atoms in total. The number of carbonyl (C=O) groups excluding carboxylic acids is 3. The third-order valence-corrected chi connectivity index (χ3v) is 17.7.